The number of nitrogens with zero attached hydrogens (tertiary/aromatic N) is 2. The van der Waals surface area contributed by atoms with E-state index in [1.54, 1.807) is 6.07 Å². The molecule has 2 N–H and O–H groups in total. The van der Waals surface area contributed by atoms with E-state index >= 15 is 0 Å². The van der Waals surface area contributed by atoms with Gasteiger partial charge in [0.2, 0.25) is 0 Å². The van der Waals surface area contributed by atoms with Gasteiger partial charge in [-0.25, -0.2) is 0 Å². The summed E-state index contributed by atoms with van der Waals surface area (Å²) in [6.45, 7) is 11.3. The Labute approximate surface area is 122 Å². The third-order valence-electron chi connectivity index (χ3n) is 3.53. The summed E-state index contributed by atoms with van der Waals surface area (Å²) in [7, 11) is 0. The molecule has 1 aromatic heterocycles. The molecule has 4 heteroatoms. The second kappa shape index (κ2) is 7.46. The number of aromatic nitrogens is 2. The van der Waals surface area contributed by atoms with E-state index in [1.165, 1.54) is 6.42 Å². The van der Waals surface area contributed by atoms with E-state index in [1.807, 2.05) is 10.9 Å². The SMILES string of the molecule is CC(C)CC(C)CC(CC(C)C)n1ccc(C(N)=O)n1. The first-order valence-corrected chi connectivity index (χ1v) is 7.64. The lowest BCUT2D eigenvalue weighted by atomic mass is 9.89. The van der Waals surface area contributed by atoms with E-state index in [9.17, 15) is 4.79 Å². The third-order valence-corrected chi connectivity index (χ3v) is 3.53. The number of hydrogen-bond donors (Lipinski definition) is 1. The Kier molecular flexibility index (Phi) is 6.24. The number of rotatable bonds is 8. The Morgan fingerprint density at radius 3 is 2.20 bits per heavy atom. The summed E-state index contributed by atoms with van der Waals surface area (Å²) in [5, 5.41) is 4.34. The van der Waals surface area contributed by atoms with Gasteiger partial charge in [-0.2, -0.15) is 5.10 Å². The topological polar surface area (TPSA) is 60.9 Å². The Bertz CT molecular complexity index is 423. The van der Waals surface area contributed by atoms with Crippen molar-refractivity contribution in [1.82, 2.24) is 9.78 Å². The van der Waals surface area contributed by atoms with Gasteiger partial charge in [0.25, 0.3) is 5.91 Å². The minimum Gasteiger partial charge on any atom is -0.364 e. The lowest BCUT2D eigenvalue weighted by Crippen LogP contribution is -2.18. The highest BCUT2D eigenvalue weighted by Gasteiger charge is 2.19. The fourth-order valence-corrected chi connectivity index (χ4v) is 2.89. The van der Waals surface area contributed by atoms with Crippen LogP contribution in [0.5, 0.6) is 0 Å². The molecule has 1 rings (SSSR count). The Balaban J connectivity index is 2.79. The highest BCUT2D eigenvalue weighted by atomic mass is 16.1. The number of primary amides is 1. The van der Waals surface area contributed by atoms with Crippen molar-refractivity contribution in [3.8, 4) is 0 Å². The summed E-state index contributed by atoms with van der Waals surface area (Å²) < 4.78 is 1.93. The van der Waals surface area contributed by atoms with E-state index in [-0.39, 0.29) is 0 Å². The van der Waals surface area contributed by atoms with Gasteiger partial charge >= 0.3 is 0 Å². The van der Waals surface area contributed by atoms with Crippen LogP contribution in [-0.2, 0) is 0 Å². The molecule has 0 bridgehead atoms. The van der Waals surface area contributed by atoms with Crippen LogP contribution in [0.2, 0.25) is 0 Å². The molecule has 20 heavy (non-hydrogen) atoms. The van der Waals surface area contributed by atoms with Gasteiger partial charge in [-0.15, -0.1) is 0 Å². The van der Waals surface area contributed by atoms with Crippen molar-refractivity contribution in [2.24, 2.45) is 23.5 Å². The quantitative estimate of drug-likeness (QED) is 0.789. The zero-order valence-electron chi connectivity index (χ0n) is 13.5. The van der Waals surface area contributed by atoms with Crippen LogP contribution in [0.4, 0.5) is 0 Å². The summed E-state index contributed by atoms with van der Waals surface area (Å²) in [6.07, 6.45) is 5.27. The lowest BCUT2D eigenvalue weighted by molar-refractivity contribution is 0.0994. The van der Waals surface area contributed by atoms with Crippen molar-refractivity contribution in [3.63, 3.8) is 0 Å². The molecule has 0 saturated heterocycles. The van der Waals surface area contributed by atoms with Crippen LogP contribution >= 0.6 is 0 Å². The van der Waals surface area contributed by atoms with Gasteiger partial charge in [0, 0.05) is 6.20 Å². The summed E-state index contributed by atoms with van der Waals surface area (Å²) in [5.74, 6) is 1.51. The summed E-state index contributed by atoms with van der Waals surface area (Å²) >= 11 is 0. The molecule has 1 aromatic rings. The molecule has 4 nitrogen and oxygen atoms in total. The maximum Gasteiger partial charge on any atom is 0.269 e. The zero-order valence-corrected chi connectivity index (χ0v) is 13.5. The second-order valence-electron chi connectivity index (χ2n) is 6.80. The molecule has 0 fully saturated rings. The fourth-order valence-electron chi connectivity index (χ4n) is 2.89. The number of hydrogen-bond acceptors (Lipinski definition) is 2. The Hall–Kier alpha value is -1.32. The molecule has 2 atom stereocenters. The van der Waals surface area contributed by atoms with Crippen LogP contribution in [-0.4, -0.2) is 15.7 Å². The molecular formula is C16H29N3O. The van der Waals surface area contributed by atoms with E-state index in [4.69, 9.17) is 5.73 Å². The summed E-state index contributed by atoms with van der Waals surface area (Å²) in [5.41, 5.74) is 5.64. The molecular weight excluding hydrogens is 250 g/mol. The molecule has 0 aliphatic rings. The molecule has 0 spiro atoms. The van der Waals surface area contributed by atoms with E-state index in [0.29, 0.717) is 29.5 Å². The molecule has 114 valence electrons. The molecule has 0 aromatic carbocycles. The Morgan fingerprint density at radius 1 is 1.15 bits per heavy atom. The van der Waals surface area contributed by atoms with Crippen molar-refractivity contribution in [2.75, 3.05) is 0 Å². The van der Waals surface area contributed by atoms with Crippen molar-refractivity contribution >= 4 is 5.91 Å². The van der Waals surface area contributed by atoms with Crippen LogP contribution in [0.1, 0.15) is 70.4 Å². The van der Waals surface area contributed by atoms with Gasteiger partial charge in [-0.05, 0) is 43.1 Å². The van der Waals surface area contributed by atoms with Crippen molar-refractivity contribution < 1.29 is 4.79 Å². The van der Waals surface area contributed by atoms with Gasteiger partial charge in [-0.3, -0.25) is 9.48 Å². The third kappa shape index (κ3) is 5.35. The standard InChI is InChI=1S/C16H29N3O/c1-11(2)8-13(5)10-14(9-12(3)4)19-7-6-15(18-19)16(17)20/h6-7,11-14H,8-10H2,1-5H3,(H2,17,20). The van der Waals surface area contributed by atoms with Gasteiger partial charge in [-0.1, -0.05) is 34.6 Å². The average molecular weight is 279 g/mol. The Morgan fingerprint density at radius 2 is 1.75 bits per heavy atom. The minimum atomic E-state index is -0.456. The minimum absolute atomic E-state index is 0.344. The molecule has 1 heterocycles. The fraction of sp³-hybridized carbons (Fsp3) is 0.750. The monoisotopic (exact) mass is 279 g/mol. The second-order valence-corrected chi connectivity index (χ2v) is 6.80. The number of amides is 1. The molecule has 0 aliphatic heterocycles. The summed E-state index contributed by atoms with van der Waals surface area (Å²) in [6, 6.07) is 2.06. The molecule has 1 amide bonds. The van der Waals surface area contributed by atoms with E-state index in [0.717, 1.165) is 12.8 Å². The highest BCUT2D eigenvalue weighted by Crippen LogP contribution is 2.27. The van der Waals surface area contributed by atoms with E-state index < -0.39 is 5.91 Å². The molecule has 2 unspecified atom stereocenters. The first-order chi connectivity index (χ1) is 9.29. The first kappa shape index (κ1) is 16.7. The van der Waals surface area contributed by atoms with Crippen LogP contribution < -0.4 is 5.73 Å². The van der Waals surface area contributed by atoms with E-state index in [2.05, 4.69) is 39.7 Å². The first-order valence-electron chi connectivity index (χ1n) is 7.64. The van der Waals surface area contributed by atoms with Crippen LogP contribution in [0, 0.1) is 17.8 Å². The number of carbonyl (C=O) groups is 1. The predicted octanol–water partition coefficient (Wildman–Crippen LogP) is 3.64. The van der Waals surface area contributed by atoms with Gasteiger partial charge in [0.1, 0.15) is 5.69 Å². The largest absolute Gasteiger partial charge is 0.364 e. The zero-order chi connectivity index (χ0) is 15.3. The van der Waals surface area contributed by atoms with Crippen LogP contribution in [0.3, 0.4) is 0 Å². The number of carbonyl (C=O) groups excluding carboxylic acids is 1. The van der Waals surface area contributed by atoms with Crippen molar-refractivity contribution in [3.05, 3.63) is 18.0 Å². The maximum atomic E-state index is 11.2. The number of nitrogens with two attached hydrogens (primary N) is 1. The average Bonchev–Trinajstić information content (AvgIpc) is 2.75. The van der Waals surface area contributed by atoms with Crippen molar-refractivity contribution in [2.45, 2.75) is 59.9 Å². The molecule has 0 aliphatic carbocycles. The molecule has 0 radical (unpaired) electrons. The normalized spacial score (nSPS) is 14.8. The predicted molar refractivity (Wildman–Crippen MR) is 82.5 cm³/mol. The lowest BCUT2D eigenvalue weighted by Gasteiger charge is -2.24. The van der Waals surface area contributed by atoms with Crippen LogP contribution in [0.15, 0.2) is 12.3 Å². The summed E-state index contributed by atoms with van der Waals surface area (Å²) in [4.78, 5) is 11.2. The van der Waals surface area contributed by atoms with Gasteiger partial charge in [0.15, 0.2) is 0 Å². The van der Waals surface area contributed by atoms with Crippen LogP contribution in [0.25, 0.3) is 0 Å². The highest BCUT2D eigenvalue weighted by molar-refractivity contribution is 5.90. The van der Waals surface area contributed by atoms with Gasteiger partial charge in [0.05, 0.1) is 6.04 Å². The smallest absolute Gasteiger partial charge is 0.269 e. The molecule has 0 saturated carbocycles. The maximum absolute atomic E-state index is 11.2. The van der Waals surface area contributed by atoms with Gasteiger partial charge < -0.3 is 5.73 Å². The van der Waals surface area contributed by atoms with Crippen molar-refractivity contribution in [1.29, 1.82) is 0 Å².